The summed E-state index contributed by atoms with van der Waals surface area (Å²) in [6, 6.07) is 5.06. The van der Waals surface area contributed by atoms with Crippen LogP contribution in [-0.4, -0.2) is 114 Å². The number of carbonyl (C=O) groups excluding carboxylic acids is 3. The van der Waals surface area contributed by atoms with E-state index >= 15 is 0 Å². The van der Waals surface area contributed by atoms with Crippen LogP contribution in [0.1, 0.15) is 49.7 Å². The standard InChI is InChI=1S/C28H41N5O6/c1-3-4-11-31(14-10-29)25(35)18-33-17-21(19-5-6-23-20(16-19)9-15-39-23)26(27(36)37)22(33)7-12-32-13-8-24(34)30(2)28(32)38/h5-6,16,21-22,26H,3-4,7-15,17-18,29H2,1-2H3,(H,36,37). The quantitative estimate of drug-likeness (QED) is 0.403. The minimum absolute atomic E-state index is 0.0644. The molecule has 1 aromatic rings. The summed E-state index contributed by atoms with van der Waals surface area (Å²) in [6.07, 6.45) is 3.23. The summed E-state index contributed by atoms with van der Waals surface area (Å²) in [5, 5.41) is 10.4. The molecule has 0 bridgehead atoms. The molecule has 214 valence electrons. The molecule has 0 radical (unpaired) electrons. The van der Waals surface area contributed by atoms with Crippen LogP contribution in [0.3, 0.4) is 0 Å². The monoisotopic (exact) mass is 543 g/mol. The Morgan fingerprint density at radius 3 is 2.72 bits per heavy atom. The Bertz CT molecular complexity index is 1080. The molecule has 4 amide bonds. The smallest absolute Gasteiger partial charge is 0.326 e. The number of nitrogens with two attached hydrogens (primary N) is 1. The number of rotatable bonds is 12. The predicted octanol–water partition coefficient (Wildman–Crippen LogP) is 1.35. The Hall–Kier alpha value is -3.18. The number of amides is 4. The van der Waals surface area contributed by atoms with Crippen molar-refractivity contribution < 1.29 is 29.0 Å². The normalized spacial score (nSPS) is 23.2. The molecule has 3 atom stereocenters. The number of carbonyl (C=O) groups is 4. The molecule has 1 aromatic carbocycles. The number of imide groups is 1. The van der Waals surface area contributed by atoms with E-state index in [0.29, 0.717) is 52.3 Å². The third kappa shape index (κ3) is 6.36. The van der Waals surface area contributed by atoms with Gasteiger partial charge in [0.1, 0.15) is 5.75 Å². The summed E-state index contributed by atoms with van der Waals surface area (Å²) >= 11 is 0. The second kappa shape index (κ2) is 12.8. The van der Waals surface area contributed by atoms with Crippen molar-refractivity contribution in [3.05, 3.63) is 29.3 Å². The summed E-state index contributed by atoms with van der Waals surface area (Å²) in [7, 11) is 1.47. The predicted molar refractivity (Wildman–Crippen MR) is 144 cm³/mol. The Kier molecular flexibility index (Phi) is 9.45. The maximum atomic E-state index is 13.4. The fourth-order valence-electron chi connectivity index (χ4n) is 6.08. The number of hydrogen-bond acceptors (Lipinski definition) is 7. The molecule has 0 saturated carbocycles. The van der Waals surface area contributed by atoms with E-state index in [9.17, 15) is 24.3 Å². The van der Waals surface area contributed by atoms with Gasteiger partial charge >= 0.3 is 12.0 Å². The number of ether oxygens (including phenoxy) is 1. The van der Waals surface area contributed by atoms with E-state index in [1.165, 1.54) is 7.05 Å². The fourth-order valence-corrected chi connectivity index (χ4v) is 6.08. The lowest BCUT2D eigenvalue weighted by molar-refractivity contribution is -0.143. The highest BCUT2D eigenvalue weighted by molar-refractivity contribution is 5.96. The lowest BCUT2D eigenvalue weighted by atomic mass is 9.83. The van der Waals surface area contributed by atoms with Gasteiger partial charge in [0, 0.05) is 71.1 Å². The van der Waals surface area contributed by atoms with Crippen LogP contribution in [0.5, 0.6) is 5.75 Å². The maximum absolute atomic E-state index is 13.4. The van der Waals surface area contributed by atoms with Gasteiger partial charge in [-0.3, -0.25) is 24.2 Å². The van der Waals surface area contributed by atoms with E-state index in [-0.39, 0.29) is 36.7 Å². The zero-order valence-electron chi connectivity index (χ0n) is 23.0. The molecule has 0 aliphatic carbocycles. The van der Waals surface area contributed by atoms with Crippen molar-refractivity contribution in [2.75, 3.05) is 59.5 Å². The van der Waals surface area contributed by atoms with E-state index in [1.807, 2.05) is 23.1 Å². The average Bonchev–Trinajstić information content (AvgIpc) is 3.53. The zero-order valence-corrected chi connectivity index (χ0v) is 23.0. The van der Waals surface area contributed by atoms with E-state index in [4.69, 9.17) is 10.5 Å². The van der Waals surface area contributed by atoms with Crippen LogP contribution in [0, 0.1) is 5.92 Å². The number of likely N-dealkylation sites (tertiary alicyclic amines) is 1. The van der Waals surface area contributed by atoms with Gasteiger partial charge in [0.25, 0.3) is 0 Å². The van der Waals surface area contributed by atoms with Gasteiger partial charge in [-0.15, -0.1) is 0 Å². The maximum Gasteiger partial charge on any atom is 0.326 e. The first-order valence-electron chi connectivity index (χ1n) is 14.0. The van der Waals surface area contributed by atoms with Crippen molar-refractivity contribution >= 4 is 23.8 Å². The average molecular weight is 544 g/mol. The summed E-state index contributed by atoms with van der Waals surface area (Å²) in [6.45, 7) is 5.24. The van der Waals surface area contributed by atoms with Crippen LogP contribution in [0.4, 0.5) is 4.79 Å². The number of carboxylic acid groups (broad SMARTS) is 1. The molecule has 4 rings (SSSR count). The van der Waals surface area contributed by atoms with E-state index in [1.54, 1.807) is 9.80 Å². The van der Waals surface area contributed by atoms with Gasteiger partial charge in [-0.25, -0.2) is 4.79 Å². The topological polar surface area (TPSA) is 137 Å². The fraction of sp³-hybridized carbons (Fsp3) is 0.643. The van der Waals surface area contributed by atoms with Gasteiger partial charge in [-0.05, 0) is 30.0 Å². The van der Waals surface area contributed by atoms with E-state index in [2.05, 4.69) is 6.92 Å². The highest BCUT2D eigenvalue weighted by Gasteiger charge is 2.47. The lowest BCUT2D eigenvalue weighted by Gasteiger charge is -2.34. The number of hydrogen-bond donors (Lipinski definition) is 2. The van der Waals surface area contributed by atoms with Crippen molar-refractivity contribution in [3.8, 4) is 5.75 Å². The molecular weight excluding hydrogens is 502 g/mol. The molecule has 2 fully saturated rings. The van der Waals surface area contributed by atoms with Crippen molar-refractivity contribution in [3.63, 3.8) is 0 Å². The molecule has 39 heavy (non-hydrogen) atoms. The van der Waals surface area contributed by atoms with Crippen LogP contribution >= 0.6 is 0 Å². The SMILES string of the molecule is CCCCN(CCN)C(=O)CN1CC(c2ccc3c(c2)CCO3)C(C(=O)O)C1CCN1CCC(=O)N(C)C1=O. The molecule has 11 heteroatoms. The molecule has 3 aliphatic heterocycles. The lowest BCUT2D eigenvalue weighted by Crippen LogP contribution is -2.52. The van der Waals surface area contributed by atoms with Crippen LogP contribution in [0.2, 0.25) is 0 Å². The van der Waals surface area contributed by atoms with Crippen molar-refractivity contribution in [1.29, 1.82) is 0 Å². The molecule has 0 aromatic heterocycles. The Morgan fingerprint density at radius 1 is 1.21 bits per heavy atom. The van der Waals surface area contributed by atoms with Crippen LogP contribution in [-0.2, 0) is 20.8 Å². The highest BCUT2D eigenvalue weighted by atomic mass is 16.5. The minimum Gasteiger partial charge on any atom is -0.493 e. The van der Waals surface area contributed by atoms with Gasteiger partial charge in [0.15, 0.2) is 0 Å². The van der Waals surface area contributed by atoms with Crippen molar-refractivity contribution in [2.24, 2.45) is 11.7 Å². The molecule has 3 N–H and O–H groups in total. The Balaban J connectivity index is 1.58. The van der Waals surface area contributed by atoms with E-state index in [0.717, 1.165) is 41.0 Å². The third-order valence-corrected chi connectivity index (χ3v) is 8.27. The number of carboxylic acids is 1. The number of aliphatic carboxylic acids is 1. The molecular formula is C28H41N5O6. The summed E-state index contributed by atoms with van der Waals surface area (Å²) in [5.74, 6) is -1.44. The van der Waals surface area contributed by atoms with Gasteiger partial charge < -0.3 is 25.4 Å². The summed E-state index contributed by atoms with van der Waals surface area (Å²) in [4.78, 5) is 57.2. The molecule has 3 aliphatic rings. The minimum atomic E-state index is -0.918. The first-order chi connectivity index (χ1) is 18.7. The van der Waals surface area contributed by atoms with E-state index < -0.39 is 17.9 Å². The van der Waals surface area contributed by atoms with Gasteiger partial charge in [0.2, 0.25) is 11.8 Å². The second-order valence-electron chi connectivity index (χ2n) is 10.7. The number of benzene rings is 1. The number of unbranched alkanes of at least 4 members (excludes halogenated alkanes) is 1. The second-order valence-corrected chi connectivity index (χ2v) is 10.7. The first-order valence-corrected chi connectivity index (χ1v) is 14.0. The molecule has 3 unspecified atom stereocenters. The van der Waals surface area contributed by atoms with Crippen LogP contribution in [0.15, 0.2) is 18.2 Å². The van der Waals surface area contributed by atoms with Gasteiger partial charge in [-0.1, -0.05) is 25.5 Å². The Labute approximate surface area is 229 Å². The van der Waals surface area contributed by atoms with Crippen molar-refractivity contribution in [2.45, 2.75) is 51.0 Å². The van der Waals surface area contributed by atoms with Gasteiger partial charge in [-0.2, -0.15) is 0 Å². The number of fused-ring (bicyclic) bond motifs is 1. The highest BCUT2D eigenvalue weighted by Crippen LogP contribution is 2.41. The zero-order chi connectivity index (χ0) is 28.1. The van der Waals surface area contributed by atoms with Crippen LogP contribution < -0.4 is 10.5 Å². The molecule has 2 saturated heterocycles. The Morgan fingerprint density at radius 2 is 2.00 bits per heavy atom. The largest absolute Gasteiger partial charge is 0.493 e. The third-order valence-electron chi connectivity index (χ3n) is 8.27. The number of urea groups is 1. The summed E-state index contributed by atoms with van der Waals surface area (Å²) in [5.41, 5.74) is 7.78. The van der Waals surface area contributed by atoms with Crippen molar-refractivity contribution in [1.82, 2.24) is 19.6 Å². The number of nitrogens with zero attached hydrogens (tertiary/aromatic N) is 4. The molecule has 0 spiro atoms. The molecule has 11 nitrogen and oxygen atoms in total. The van der Waals surface area contributed by atoms with Crippen LogP contribution in [0.25, 0.3) is 0 Å². The van der Waals surface area contributed by atoms with Gasteiger partial charge in [0.05, 0.1) is 19.1 Å². The summed E-state index contributed by atoms with van der Waals surface area (Å²) < 4.78 is 5.65. The first kappa shape index (κ1) is 28.8. The molecule has 3 heterocycles.